The summed E-state index contributed by atoms with van der Waals surface area (Å²) in [6.45, 7) is 5.30. The number of imidazole rings is 1. The summed E-state index contributed by atoms with van der Waals surface area (Å²) >= 11 is 0. The lowest BCUT2D eigenvalue weighted by Gasteiger charge is -2.41. The maximum atomic E-state index is 12.7. The van der Waals surface area contributed by atoms with Crippen LogP contribution in [0.15, 0.2) is 23.0 Å². The second-order valence-electron chi connectivity index (χ2n) is 9.42. The number of nitrogens with zero attached hydrogens (tertiary/aromatic N) is 2. The number of ether oxygens (including phenoxy) is 1. The Labute approximate surface area is 173 Å². The Morgan fingerprint density at radius 1 is 1.00 bits per heavy atom. The summed E-state index contributed by atoms with van der Waals surface area (Å²) in [5.74, 6) is 0.719. The first-order chi connectivity index (χ1) is 14.2. The summed E-state index contributed by atoms with van der Waals surface area (Å²) in [6.07, 6.45) is 11.3. The summed E-state index contributed by atoms with van der Waals surface area (Å²) in [6, 6.07) is 7.61. The van der Waals surface area contributed by atoms with Gasteiger partial charge in [0, 0.05) is 31.8 Å². The molecule has 1 aromatic carbocycles. The van der Waals surface area contributed by atoms with Gasteiger partial charge in [-0.1, -0.05) is 13.0 Å². The minimum absolute atomic E-state index is 0.0694. The number of hydrogen-bond acceptors (Lipinski definition) is 3. The fraction of sp³-hybridized carbons (Fsp3) is 0.708. The molecule has 0 spiro atoms. The first-order valence-corrected chi connectivity index (χ1v) is 11.8. The van der Waals surface area contributed by atoms with Crippen molar-refractivity contribution in [3.63, 3.8) is 0 Å². The Hall–Kier alpha value is -1.59. The van der Waals surface area contributed by atoms with Gasteiger partial charge >= 0.3 is 5.69 Å². The van der Waals surface area contributed by atoms with E-state index >= 15 is 0 Å². The zero-order valence-electron chi connectivity index (χ0n) is 17.7. The molecule has 0 unspecified atom stereocenters. The average Bonchev–Trinajstić information content (AvgIpc) is 3.55. The molecule has 2 saturated carbocycles. The lowest BCUT2D eigenvalue weighted by molar-refractivity contribution is 0.00254. The smallest absolute Gasteiger partial charge is 0.326 e. The number of piperidine rings is 1. The molecule has 1 aromatic heterocycles. The van der Waals surface area contributed by atoms with Crippen molar-refractivity contribution in [3.8, 4) is 0 Å². The largest absolute Gasteiger partial charge is 0.378 e. The first-order valence-electron chi connectivity index (χ1n) is 11.8. The number of benzene rings is 1. The van der Waals surface area contributed by atoms with Crippen LogP contribution in [0, 0.1) is 0 Å². The number of aromatic amines is 1. The molecule has 1 N–H and O–H groups in total. The minimum atomic E-state index is 0.0694. The molecule has 158 valence electrons. The molecule has 1 saturated heterocycles. The molecule has 5 rings (SSSR count). The van der Waals surface area contributed by atoms with Gasteiger partial charge in [-0.2, -0.15) is 0 Å². The highest BCUT2D eigenvalue weighted by Crippen LogP contribution is 2.41. The van der Waals surface area contributed by atoms with Crippen molar-refractivity contribution in [2.75, 3.05) is 19.7 Å². The lowest BCUT2D eigenvalue weighted by Crippen LogP contribution is -2.45. The zero-order chi connectivity index (χ0) is 19.8. The second kappa shape index (κ2) is 8.27. The van der Waals surface area contributed by atoms with Crippen molar-refractivity contribution in [2.45, 2.75) is 88.8 Å². The van der Waals surface area contributed by atoms with Crippen molar-refractivity contribution in [3.05, 3.63) is 34.2 Å². The van der Waals surface area contributed by atoms with Crippen molar-refractivity contribution in [1.29, 1.82) is 0 Å². The van der Waals surface area contributed by atoms with Crippen molar-refractivity contribution >= 4 is 11.0 Å². The van der Waals surface area contributed by atoms with Gasteiger partial charge in [0.1, 0.15) is 0 Å². The number of fused-ring (bicyclic) bond motifs is 1. The third-order valence-electron chi connectivity index (χ3n) is 7.37. The van der Waals surface area contributed by atoms with Gasteiger partial charge in [-0.15, -0.1) is 0 Å². The summed E-state index contributed by atoms with van der Waals surface area (Å²) < 4.78 is 8.02. The molecule has 0 radical (unpaired) electrons. The van der Waals surface area contributed by atoms with Gasteiger partial charge in [0.05, 0.1) is 17.1 Å². The van der Waals surface area contributed by atoms with E-state index in [1.807, 2.05) is 0 Å². The zero-order valence-corrected chi connectivity index (χ0v) is 17.7. The van der Waals surface area contributed by atoms with Crippen LogP contribution in [0.1, 0.15) is 82.2 Å². The first kappa shape index (κ1) is 19.4. The van der Waals surface area contributed by atoms with Crippen molar-refractivity contribution in [1.82, 2.24) is 14.5 Å². The van der Waals surface area contributed by atoms with E-state index in [1.54, 1.807) is 0 Å². The van der Waals surface area contributed by atoms with E-state index in [-0.39, 0.29) is 5.69 Å². The number of nitrogens with one attached hydrogen (secondary N) is 1. The molecule has 0 atom stereocenters. The Kier molecular flexibility index (Phi) is 5.53. The molecule has 2 heterocycles. The van der Waals surface area contributed by atoms with Crippen LogP contribution in [-0.2, 0) is 4.74 Å². The van der Waals surface area contributed by atoms with E-state index in [0.717, 1.165) is 55.9 Å². The number of likely N-dealkylation sites (tertiary alicyclic amines) is 1. The Morgan fingerprint density at radius 2 is 1.76 bits per heavy atom. The number of rotatable bonds is 6. The van der Waals surface area contributed by atoms with Crippen LogP contribution in [0.4, 0.5) is 0 Å². The Bertz CT molecular complexity index is 881. The third kappa shape index (κ3) is 4.04. The SMILES string of the molecule is CCCO[C@H]1CC[C@H](N2CCC(n3c(=O)[nH]c4ccc(C5CC5)cc43)CC2)CC1. The van der Waals surface area contributed by atoms with E-state index in [9.17, 15) is 4.79 Å². The number of hydrogen-bond donors (Lipinski definition) is 1. The maximum Gasteiger partial charge on any atom is 0.326 e. The molecule has 2 aliphatic carbocycles. The molecule has 1 aliphatic heterocycles. The standard InChI is InChI=1S/C24H35N3O2/c1-2-15-29-21-8-6-19(7-9-21)26-13-11-20(12-14-26)27-23-16-18(17-3-4-17)5-10-22(23)25-24(27)28/h5,10,16-17,19-21H,2-4,6-9,11-15H2,1H3,(H,25,28)/t19-,21-. The Morgan fingerprint density at radius 3 is 2.45 bits per heavy atom. The predicted molar refractivity (Wildman–Crippen MR) is 117 cm³/mol. The highest BCUT2D eigenvalue weighted by atomic mass is 16.5. The summed E-state index contributed by atoms with van der Waals surface area (Å²) in [5.41, 5.74) is 3.59. The minimum Gasteiger partial charge on any atom is -0.378 e. The van der Waals surface area contributed by atoms with Gasteiger partial charge in [-0.05, 0) is 81.4 Å². The number of aromatic nitrogens is 2. The van der Waals surface area contributed by atoms with Crippen molar-refractivity contribution < 1.29 is 4.74 Å². The van der Waals surface area contributed by atoms with Crippen LogP contribution >= 0.6 is 0 Å². The number of H-pyrrole nitrogens is 1. The molecule has 5 nitrogen and oxygen atoms in total. The summed E-state index contributed by atoms with van der Waals surface area (Å²) in [5, 5.41) is 0. The molecule has 0 bridgehead atoms. The lowest BCUT2D eigenvalue weighted by atomic mass is 9.90. The fourth-order valence-electron chi connectivity index (χ4n) is 5.54. The highest BCUT2D eigenvalue weighted by Gasteiger charge is 2.31. The van der Waals surface area contributed by atoms with E-state index in [4.69, 9.17) is 4.74 Å². The van der Waals surface area contributed by atoms with Crippen LogP contribution in [0.3, 0.4) is 0 Å². The predicted octanol–water partition coefficient (Wildman–Crippen LogP) is 4.58. The molecule has 3 fully saturated rings. The van der Waals surface area contributed by atoms with Gasteiger partial charge in [0.2, 0.25) is 0 Å². The van der Waals surface area contributed by atoms with Gasteiger partial charge < -0.3 is 14.6 Å². The van der Waals surface area contributed by atoms with Crippen LogP contribution < -0.4 is 5.69 Å². The van der Waals surface area contributed by atoms with Crippen LogP contribution in [0.5, 0.6) is 0 Å². The summed E-state index contributed by atoms with van der Waals surface area (Å²) in [4.78, 5) is 18.5. The molecular formula is C24H35N3O2. The van der Waals surface area contributed by atoms with Crippen molar-refractivity contribution in [2.24, 2.45) is 0 Å². The molecule has 3 aliphatic rings. The monoisotopic (exact) mass is 397 g/mol. The van der Waals surface area contributed by atoms with E-state index < -0.39 is 0 Å². The quantitative estimate of drug-likeness (QED) is 0.776. The topological polar surface area (TPSA) is 50.3 Å². The van der Waals surface area contributed by atoms with Gasteiger partial charge in [-0.3, -0.25) is 4.57 Å². The second-order valence-corrected chi connectivity index (χ2v) is 9.42. The third-order valence-corrected chi connectivity index (χ3v) is 7.37. The molecule has 2 aromatic rings. The van der Waals surface area contributed by atoms with E-state index in [2.05, 4.69) is 39.6 Å². The normalized spacial score (nSPS) is 26.9. The van der Waals surface area contributed by atoms with Gasteiger partial charge in [-0.25, -0.2) is 4.79 Å². The fourth-order valence-corrected chi connectivity index (χ4v) is 5.54. The average molecular weight is 398 g/mol. The molecule has 5 heteroatoms. The van der Waals surface area contributed by atoms with Gasteiger partial charge in [0.15, 0.2) is 0 Å². The Balaban J connectivity index is 1.23. The molecular weight excluding hydrogens is 362 g/mol. The van der Waals surface area contributed by atoms with Crippen LogP contribution in [0.2, 0.25) is 0 Å². The van der Waals surface area contributed by atoms with E-state index in [1.165, 1.54) is 44.1 Å². The summed E-state index contributed by atoms with van der Waals surface area (Å²) in [7, 11) is 0. The van der Waals surface area contributed by atoms with Crippen LogP contribution in [0.25, 0.3) is 11.0 Å². The maximum absolute atomic E-state index is 12.7. The van der Waals surface area contributed by atoms with Crippen LogP contribution in [-0.4, -0.2) is 46.3 Å². The highest BCUT2D eigenvalue weighted by molar-refractivity contribution is 5.76. The van der Waals surface area contributed by atoms with E-state index in [0.29, 0.717) is 18.2 Å². The molecule has 29 heavy (non-hydrogen) atoms. The molecule has 0 amide bonds. The van der Waals surface area contributed by atoms with Gasteiger partial charge in [0.25, 0.3) is 0 Å².